The van der Waals surface area contributed by atoms with Crippen molar-refractivity contribution in [2.45, 2.75) is 26.8 Å². The van der Waals surface area contributed by atoms with Gasteiger partial charge in [0.15, 0.2) is 0 Å². The number of hydrogen-bond donors (Lipinski definition) is 0. The minimum Gasteiger partial charge on any atom is -0.476 e. The van der Waals surface area contributed by atoms with Crippen molar-refractivity contribution in [2.24, 2.45) is 0 Å². The van der Waals surface area contributed by atoms with Gasteiger partial charge in [0, 0.05) is 24.0 Å². The number of aromatic nitrogens is 1. The van der Waals surface area contributed by atoms with Crippen LogP contribution in [0.5, 0.6) is 5.88 Å². The summed E-state index contributed by atoms with van der Waals surface area (Å²) in [5.74, 6) is 0.820. The summed E-state index contributed by atoms with van der Waals surface area (Å²) in [6, 6.07) is 8.55. The van der Waals surface area contributed by atoms with Gasteiger partial charge in [0.05, 0.1) is 5.52 Å². The van der Waals surface area contributed by atoms with Gasteiger partial charge in [-0.1, -0.05) is 25.1 Å². The number of benzene rings is 1. The van der Waals surface area contributed by atoms with E-state index in [0.29, 0.717) is 0 Å². The van der Waals surface area contributed by atoms with Crippen LogP contribution in [0.2, 0.25) is 0 Å². The van der Waals surface area contributed by atoms with E-state index in [1.54, 1.807) is 0 Å². The lowest BCUT2D eigenvalue weighted by Gasteiger charge is -2.17. The molecule has 0 spiro atoms. The van der Waals surface area contributed by atoms with Crippen LogP contribution >= 0.6 is 0 Å². The summed E-state index contributed by atoms with van der Waals surface area (Å²) >= 11 is 0. The lowest BCUT2D eigenvalue weighted by atomic mass is 10.1. The van der Waals surface area contributed by atoms with Crippen molar-refractivity contribution in [1.82, 2.24) is 9.88 Å². The third-order valence-corrected chi connectivity index (χ3v) is 3.67. The number of para-hydroxylation sites is 1. The molecule has 100 valence electrons. The van der Waals surface area contributed by atoms with Crippen LogP contribution in [-0.2, 0) is 6.54 Å². The van der Waals surface area contributed by atoms with Crippen LogP contribution in [0.4, 0.5) is 0 Å². The molecule has 3 heteroatoms. The monoisotopic (exact) mass is 256 g/mol. The van der Waals surface area contributed by atoms with E-state index < -0.39 is 0 Å². The van der Waals surface area contributed by atoms with Gasteiger partial charge in [-0.3, -0.25) is 4.90 Å². The zero-order valence-corrected chi connectivity index (χ0v) is 11.6. The highest BCUT2D eigenvalue weighted by molar-refractivity contribution is 5.83. The van der Waals surface area contributed by atoms with Crippen LogP contribution in [0, 0.1) is 6.92 Å². The second kappa shape index (κ2) is 5.17. The van der Waals surface area contributed by atoms with E-state index in [4.69, 9.17) is 9.72 Å². The number of fused-ring (bicyclic) bond motifs is 2. The first-order chi connectivity index (χ1) is 9.28. The van der Waals surface area contributed by atoms with Crippen LogP contribution in [0.3, 0.4) is 0 Å². The largest absolute Gasteiger partial charge is 0.476 e. The minimum absolute atomic E-state index is 0.734. The maximum atomic E-state index is 5.84. The van der Waals surface area contributed by atoms with Gasteiger partial charge in [0.25, 0.3) is 0 Å². The molecule has 0 N–H and O–H groups in total. The molecule has 19 heavy (non-hydrogen) atoms. The van der Waals surface area contributed by atoms with Crippen molar-refractivity contribution in [3.05, 3.63) is 35.4 Å². The number of aryl methyl sites for hydroxylation is 1. The van der Waals surface area contributed by atoms with Gasteiger partial charge < -0.3 is 4.74 Å². The Morgan fingerprint density at radius 3 is 3.11 bits per heavy atom. The summed E-state index contributed by atoms with van der Waals surface area (Å²) in [4.78, 5) is 7.16. The summed E-state index contributed by atoms with van der Waals surface area (Å²) < 4.78 is 5.84. The minimum atomic E-state index is 0.734. The smallest absolute Gasteiger partial charge is 0.218 e. The molecule has 1 aromatic heterocycles. The summed E-state index contributed by atoms with van der Waals surface area (Å²) in [5.41, 5.74) is 3.48. The van der Waals surface area contributed by atoms with E-state index in [9.17, 15) is 0 Å². The number of hydrogen-bond acceptors (Lipinski definition) is 3. The Kier molecular flexibility index (Phi) is 3.38. The molecular formula is C16H20N2O. The molecule has 0 saturated heterocycles. The lowest BCUT2D eigenvalue weighted by molar-refractivity contribution is 0.224. The molecule has 0 atom stereocenters. The molecular weight excluding hydrogens is 236 g/mol. The van der Waals surface area contributed by atoms with Gasteiger partial charge in [0.2, 0.25) is 5.88 Å². The Balaban J connectivity index is 2.04. The molecule has 3 nitrogen and oxygen atoms in total. The zero-order valence-electron chi connectivity index (χ0n) is 11.6. The van der Waals surface area contributed by atoms with E-state index in [-0.39, 0.29) is 0 Å². The summed E-state index contributed by atoms with van der Waals surface area (Å²) in [6.45, 7) is 8.10. The second-order valence-electron chi connectivity index (χ2n) is 5.22. The van der Waals surface area contributed by atoms with E-state index >= 15 is 0 Å². The third-order valence-electron chi connectivity index (χ3n) is 3.67. The molecule has 0 radical (unpaired) electrons. The molecule has 1 aliphatic heterocycles. The van der Waals surface area contributed by atoms with Crippen LogP contribution in [0.25, 0.3) is 10.9 Å². The van der Waals surface area contributed by atoms with Crippen molar-refractivity contribution in [3.63, 3.8) is 0 Å². The maximum Gasteiger partial charge on any atom is 0.218 e. The lowest BCUT2D eigenvalue weighted by Crippen LogP contribution is -2.26. The average Bonchev–Trinajstić information content (AvgIpc) is 2.59. The molecule has 0 amide bonds. The first kappa shape index (κ1) is 12.4. The van der Waals surface area contributed by atoms with Gasteiger partial charge in [-0.15, -0.1) is 0 Å². The quantitative estimate of drug-likeness (QED) is 0.825. The fraction of sp³-hybridized carbons (Fsp3) is 0.438. The molecule has 0 aliphatic carbocycles. The molecule has 2 heterocycles. The standard InChI is InChI=1S/C16H20N2O/c1-3-7-18-8-9-19-16-14(11-18)10-13-6-4-5-12(2)15(13)17-16/h4-6,10H,3,7-9,11H2,1-2H3. The normalized spacial score (nSPS) is 15.9. The summed E-state index contributed by atoms with van der Waals surface area (Å²) in [7, 11) is 0. The Morgan fingerprint density at radius 2 is 2.26 bits per heavy atom. The Morgan fingerprint density at radius 1 is 1.37 bits per heavy atom. The molecule has 0 bridgehead atoms. The first-order valence-electron chi connectivity index (χ1n) is 7.02. The molecule has 1 aromatic carbocycles. The maximum absolute atomic E-state index is 5.84. The van der Waals surface area contributed by atoms with Gasteiger partial charge >= 0.3 is 0 Å². The second-order valence-corrected chi connectivity index (χ2v) is 5.22. The SMILES string of the molecule is CCCN1CCOc2nc3c(C)cccc3cc2C1. The van der Waals surface area contributed by atoms with Crippen LogP contribution in [0.1, 0.15) is 24.5 Å². The van der Waals surface area contributed by atoms with Gasteiger partial charge in [0.1, 0.15) is 6.61 Å². The average molecular weight is 256 g/mol. The van der Waals surface area contributed by atoms with Crippen LogP contribution in [0.15, 0.2) is 24.3 Å². The highest BCUT2D eigenvalue weighted by Crippen LogP contribution is 2.27. The molecule has 3 rings (SSSR count). The topological polar surface area (TPSA) is 25.4 Å². The first-order valence-corrected chi connectivity index (χ1v) is 7.02. The fourth-order valence-corrected chi connectivity index (χ4v) is 2.71. The van der Waals surface area contributed by atoms with Gasteiger partial charge in [-0.05, 0) is 31.5 Å². The van der Waals surface area contributed by atoms with Gasteiger partial charge in [-0.25, -0.2) is 4.98 Å². The molecule has 2 aromatic rings. The molecule has 0 unspecified atom stereocenters. The highest BCUT2D eigenvalue weighted by Gasteiger charge is 2.17. The molecule has 0 saturated carbocycles. The van der Waals surface area contributed by atoms with Crippen molar-refractivity contribution < 1.29 is 4.74 Å². The fourth-order valence-electron chi connectivity index (χ4n) is 2.71. The van der Waals surface area contributed by atoms with E-state index in [1.165, 1.54) is 22.9 Å². The van der Waals surface area contributed by atoms with Crippen molar-refractivity contribution in [1.29, 1.82) is 0 Å². The van der Waals surface area contributed by atoms with Crippen LogP contribution < -0.4 is 4.74 Å². The molecule has 0 fully saturated rings. The number of rotatable bonds is 2. The van der Waals surface area contributed by atoms with E-state index in [0.717, 1.165) is 37.6 Å². The molecule has 1 aliphatic rings. The zero-order chi connectivity index (χ0) is 13.2. The number of nitrogens with zero attached hydrogens (tertiary/aromatic N) is 2. The van der Waals surface area contributed by atoms with E-state index in [2.05, 4.69) is 43.0 Å². The predicted octanol–water partition coefficient (Wildman–Crippen LogP) is 3.15. The Labute approximate surface area is 114 Å². The van der Waals surface area contributed by atoms with Crippen LogP contribution in [-0.4, -0.2) is 29.6 Å². The van der Waals surface area contributed by atoms with Crippen molar-refractivity contribution >= 4 is 10.9 Å². The number of ether oxygens (including phenoxy) is 1. The summed E-state index contributed by atoms with van der Waals surface area (Å²) in [5, 5.41) is 1.21. The van der Waals surface area contributed by atoms with E-state index in [1.807, 2.05) is 0 Å². The number of pyridine rings is 1. The predicted molar refractivity (Wildman–Crippen MR) is 77.5 cm³/mol. The summed E-state index contributed by atoms with van der Waals surface area (Å²) in [6.07, 6.45) is 1.18. The Bertz CT molecular complexity index is 595. The highest BCUT2D eigenvalue weighted by atomic mass is 16.5. The third kappa shape index (κ3) is 2.43. The van der Waals surface area contributed by atoms with Crippen molar-refractivity contribution in [2.75, 3.05) is 19.7 Å². The Hall–Kier alpha value is -1.61. The van der Waals surface area contributed by atoms with Gasteiger partial charge in [-0.2, -0.15) is 0 Å². The van der Waals surface area contributed by atoms with Crippen molar-refractivity contribution in [3.8, 4) is 5.88 Å².